The van der Waals surface area contributed by atoms with Gasteiger partial charge in [-0.2, -0.15) is 13.2 Å². The number of nitrogens with two attached hydrogens (primary N) is 1. The average molecular weight is 307 g/mol. The van der Waals surface area contributed by atoms with Gasteiger partial charge >= 0.3 is 6.18 Å². The van der Waals surface area contributed by atoms with Crippen molar-refractivity contribution in [3.63, 3.8) is 0 Å². The van der Waals surface area contributed by atoms with Gasteiger partial charge in [0.15, 0.2) is 0 Å². The minimum atomic E-state index is -4.34. The molecule has 1 atom stereocenters. The van der Waals surface area contributed by atoms with Crippen molar-refractivity contribution in [1.29, 1.82) is 0 Å². The summed E-state index contributed by atoms with van der Waals surface area (Å²) in [5, 5.41) is 0.746. The molecule has 2 rings (SSSR count). The van der Waals surface area contributed by atoms with Crippen LogP contribution in [0.4, 0.5) is 13.2 Å². The SMILES string of the molecule is NCC(n1ccc2c(Br)cccc21)C(F)(F)F. The van der Waals surface area contributed by atoms with Crippen LogP contribution in [-0.2, 0) is 0 Å². The molecule has 1 aromatic heterocycles. The third kappa shape index (κ3) is 2.19. The number of benzene rings is 1. The van der Waals surface area contributed by atoms with Crippen LogP contribution in [0.1, 0.15) is 6.04 Å². The summed E-state index contributed by atoms with van der Waals surface area (Å²) in [6.07, 6.45) is -2.93. The fourth-order valence-corrected chi connectivity index (χ4v) is 2.32. The van der Waals surface area contributed by atoms with E-state index >= 15 is 0 Å². The van der Waals surface area contributed by atoms with Crippen molar-refractivity contribution < 1.29 is 13.2 Å². The number of aromatic nitrogens is 1. The Morgan fingerprint density at radius 1 is 1.29 bits per heavy atom. The van der Waals surface area contributed by atoms with Crippen LogP contribution in [0.3, 0.4) is 0 Å². The molecule has 92 valence electrons. The maximum Gasteiger partial charge on any atom is 0.410 e. The first-order chi connectivity index (χ1) is 7.95. The maximum absolute atomic E-state index is 12.8. The molecule has 0 fully saturated rings. The molecule has 0 aliphatic carbocycles. The fourth-order valence-electron chi connectivity index (χ4n) is 1.83. The third-order valence-corrected chi connectivity index (χ3v) is 3.34. The average Bonchev–Trinajstić information content (AvgIpc) is 2.63. The highest BCUT2D eigenvalue weighted by Gasteiger charge is 2.40. The molecule has 17 heavy (non-hydrogen) atoms. The van der Waals surface area contributed by atoms with Gasteiger partial charge < -0.3 is 10.3 Å². The standard InChI is InChI=1S/C11H10BrF3N2/c12-8-2-1-3-9-7(8)4-5-17(9)10(6-16)11(13,14)15/h1-5,10H,6,16H2. The Balaban J connectivity index is 2.59. The molecule has 0 radical (unpaired) electrons. The van der Waals surface area contributed by atoms with Crippen molar-refractivity contribution in [3.8, 4) is 0 Å². The number of alkyl halides is 3. The second-order valence-electron chi connectivity index (χ2n) is 3.69. The smallest absolute Gasteiger partial charge is 0.334 e. The molecule has 2 N–H and O–H groups in total. The summed E-state index contributed by atoms with van der Waals surface area (Å²) < 4.78 is 40.3. The Kier molecular flexibility index (Phi) is 3.18. The van der Waals surface area contributed by atoms with Gasteiger partial charge in [-0.25, -0.2) is 0 Å². The summed E-state index contributed by atoms with van der Waals surface area (Å²) in [5.74, 6) is 0. The minimum absolute atomic E-state index is 0.472. The number of nitrogens with zero attached hydrogens (tertiary/aromatic N) is 1. The summed E-state index contributed by atoms with van der Waals surface area (Å²) in [6, 6.07) is 5.10. The van der Waals surface area contributed by atoms with E-state index in [-0.39, 0.29) is 0 Å². The number of fused-ring (bicyclic) bond motifs is 1. The molecule has 0 spiro atoms. The largest absolute Gasteiger partial charge is 0.410 e. The highest BCUT2D eigenvalue weighted by Crippen LogP contribution is 2.34. The Morgan fingerprint density at radius 3 is 2.59 bits per heavy atom. The number of rotatable bonds is 2. The molecule has 0 saturated carbocycles. The van der Waals surface area contributed by atoms with Crippen molar-refractivity contribution in [3.05, 3.63) is 34.9 Å². The molecule has 1 aromatic carbocycles. The van der Waals surface area contributed by atoms with Gasteiger partial charge in [0.2, 0.25) is 0 Å². The van der Waals surface area contributed by atoms with E-state index < -0.39 is 18.8 Å². The molecule has 2 aromatic rings. The van der Waals surface area contributed by atoms with Crippen LogP contribution in [0.25, 0.3) is 10.9 Å². The van der Waals surface area contributed by atoms with Gasteiger partial charge in [0, 0.05) is 28.1 Å². The quantitative estimate of drug-likeness (QED) is 0.905. The molecule has 1 unspecified atom stereocenters. The second kappa shape index (κ2) is 4.34. The van der Waals surface area contributed by atoms with E-state index in [1.807, 2.05) is 0 Å². The molecule has 0 bridgehead atoms. The van der Waals surface area contributed by atoms with Crippen LogP contribution in [-0.4, -0.2) is 17.3 Å². The van der Waals surface area contributed by atoms with Crippen LogP contribution in [0.2, 0.25) is 0 Å². The molecule has 6 heteroatoms. The van der Waals surface area contributed by atoms with Gasteiger partial charge in [-0.15, -0.1) is 0 Å². The molecule has 0 saturated heterocycles. The Labute approximate surface area is 104 Å². The molecular weight excluding hydrogens is 297 g/mol. The van der Waals surface area contributed by atoms with E-state index in [1.165, 1.54) is 10.8 Å². The topological polar surface area (TPSA) is 30.9 Å². The lowest BCUT2D eigenvalue weighted by atomic mass is 10.2. The first kappa shape index (κ1) is 12.4. The molecule has 0 aliphatic heterocycles. The van der Waals surface area contributed by atoms with E-state index in [9.17, 15) is 13.2 Å². The predicted octanol–water partition coefficient (Wildman–Crippen LogP) is 3.47. The first-order valence-electron chi connectivity index (χ1n) is 4.97. The van der Waals surface area contributed by atoms with Gasteiger partial charge in [0.05, 0.1) is 0 Å². The minimum Gasteiger partial charge on any atom is -0.334 e. The monoisotopic (exact) mass is 306 g/mol. The van der Waals surface area contributed by atoms with Crippen LogP contribution in [0, 0.1) is 0 Å². The third-order valence-electron chi connectivity index (χ3n) is 2.65. The zero-order valence-corrected chi connectivity index (χ0v) is 10.3. The van der Waals surface area contributed by atoms with Gasteiger partial charge in [0.25, 0.3) is 0 Å². The Morgan fingerprint density at radius 2 is 2.00 bits per heavy atom. The lowest BCUT2D eigenvalue weighted by Gasteiger charge is -2.21. The summed E-state index contributed by atoms with van der Waals surface area (Å²) in [4.78, 5) is 0. The van der Waals surface area contributed by atoms with Gasteiger partial charge in [-0.3, -0.25) is 0 Å². The van der Waals surface area contributed by atoms with Crippen LogP contribution in [0.5, 0.6) is 0 Å². The van der Waals surface area contributed by atoms with E-state index in [0.717, 1.165) is 9.86 Å². The zero-order valence-electron chi connectivity index (χ0n) is 8.71. The van der Waals surface area contributed by atoms with Crippen LogP contribution < -0.4 is 5.73 Å². The molecule has 2 nitrogen and oxygen atoms in total. The van der Waals surface area contributed by atoms with E-state index in [2.05, 4.69) is 15.9 Å². The molecule has 1 heterocycles. The molecule has 0 aliphatic rings. The first-order valence-corrected chi connectivity index (χ1v) is 5.76. The van der Waals surface area contributed by atoms with Crippen LogP contribution >= 0.6 is 15.9 Å². The normalized spacial score (nSPS) is 14.2. The molecular formula is C11H10BrF3N2. The van der Waals surface area contributed by atoms with E-state index in [0.29, 0.717) is 5.52 Å². The van der Waals surface area contributed by atoms with Gasteiger partial charge in [-0.1, -0.05) is 22.0 Å². The highest BCUT2D eigenvalue weighted by atomic mass is 79.9. The van der Waals surface area contributed by atoms with Crippen molar-refractivity contribution in [2.45, 2.75) is 12.2 Å². The zero-order chi connectivity index (χ0) is 12.6. The van der Waals surface area contributed by atoms with Crippen LogP contribution in [0.15, 0.2) is 34.9 Å². The number of hydrogen-bond acceptors (Lipinski definition) is 1. The summed E-state index contributed by atoms with van der Waals surface area (Å²) >= 11 is 3.31. The second-order valence-corrected chi connectivity index (χ2v) is 4.54. The maximum atomic E-state index is 12.8. The molecule has 0 amide bonds. The number of halogens is 4. The predicted molar refractivity (Wildman–Crippen MR) is 63.8 cm³/mol. The van der Waals surface area contributed by atoms with Gasteiger partial charge in [-0.05, 0) is 18.2 Å². The highest BCUT2D eigenvalue weighted by molar-refractivity contribution is 9.10. The number of hydrogen-bond donors (Lipinski definition) is 1. The summed E-state index contributed by atoms with van der Waals surface area (Å²) in [7, 11) is 0. The fraction of sp³-hybridized carbons (Fsp3) is 0.273. The summed E-state index contributed by atoms with van der Waals surface area (Å²) in [5.41, 5.74) is 5.75. The van der Waals surface area contributed by atoms with Crippen molar-refractivity contribution in [2.24, 2.45) is 5.73 Å². The van der Waals surface area contributed by atoms with Crippen molar-refractivity contribution in [2.75, 3.05) is 6.54 Å². The summed E-state index contributed by atoms with van der Waals surface area (Å²) in [6.45, 7) is -0.472. The Hall–Kier alpha value is -1.01. The van der Waals surface area contributed by atoms with E-state index in [1.54, 1.807) is 24.3 Å². The van der Waals surface area contributed by atoms with Crippen molar-refractivity contribution >= 4 is 26.8 Å². The lowest BCUT2D eigenvalue weighted by Crippen LogP contribution is -2.32. The Bertz CT molecular complexity index is 533. The van der Waals surface area contributed by atoms with Gasteiger partial charge in [0.1, 0.15) is 6.04 Å². The van der Waals surface area contributed by atoms with E-state index in [4.69, 9.17) is 5.73 Å². The van der Waals surface area contributed by atoms with Crippen molar-refractivity contribution in [1.82, 2.24) is 4.57 Å². The lowest BCUT2D eigenvalue weighted by molar-refractivity contribution is -0.164.